The van der Waals surface area contributed by atoms with Gasteiger partial charge in [0.2, 0.25) is 5.91 Å². The predicted molar refractivity (Wildman–Crippen MR) is 71.0 cm³/mol. The van der Waals surface area contributed by atoms with Crippen molar-refractivity contribution in [3.05, 3.63) is 0 Å². The summed E-state index contributed by atoms with van der Waals surface area (Å²) in [5.41, 5.74) is -0.653. The predicted octanol–water partition coefficient (Wildman–Crippen LogP) is 0.675. The molecule has 1 aliphatic heterocycles. The average Bonchev–Trinajstić information content (AvgIpc) is 2.29. The molecule has 1 fully saturated rings. The van der Waals surface area contributed by atoms with Gasteiger partial charge in [0.15, 0.2) is 0 Å². The first-order chi connectivity index (χ1) is 9.24. The van der Waals surface area contributed by atoms with E-state index in [9.17, 15) is 14.4 Å². The fraction of sp³-hybridized carbons (Fsp3) is 0.769. The van der Waals surface area contributed by atoms with Crippen molar-refractivity contribution >= 4 is 18.0 Å². The van der Waals surface area contributed by atoms with Gasteiger partial charge in [-0.05, 0) is 27.7 Å². The van der Waals surface area contributed by atoms with E-state index in [1.165, 1.54) is 4.90 Å². The summed E-state index contributed by atoms with van der Waals surface area (Å²) < 4.78 is 10.1. The fourth-order valence-electron chi connectivity index (χ4n) is 1.83. The number of nitrogens with one attached hydrogen (secondary N) is 1. The monoisotopic (exact) mass is 286 g/mol. The lowest BCUT2D eigenvalue weighted by atomic mass is 10.1. The Bertz CT molecular complexity index is 389. The summed E-state index contributed by atoms with van der Waals surface area (Å²) in [7, 11) is 0. The van der Waals surface area contributed by atoms with Crippen LogP contribution in [0.4, 0.5) is 4.79 Å². The Morgan fingerprint density at radius 2 is 2.05 bits per heavy atom. The van der Waals surface area contributed by atoms with Crippen molar-refractivity contribution in [3.63, 3.8) is 0 Å². The number of rotatable bonds is 3. The topological polar surface area (TPSA) is 84.9 Å². The second-order valence-corrected chi connectivity index (χ2v) is 5.49. The summed E-state index contributed by atoms with van der Waals surface area (Å²) in [5, 5.41) is 2.63. The number of ether oxygens (including phenoxy) is 2. The van der Waals surface area contributed by atoms with E-state index < -0.39 is 23.7 Å². The number of carbonyl (C=O) groups is 3. The third-order valence-corrected chi connectivity index (χ3v) is 2.62. The van der Waals surface area contributed by atoms with Crippen molar-refractivity contribution in [3.8, 4) is 0 Å². The molecule has 0 radical (unpaired) electrons. The summed E-state index contributed by atoms with van der Waals surface area (Å²) in [6, 6.07) is -0.877. The molecule has 0 aromatic carbocycles. The third kappa shape index (κ3) is 4.71. The van der Waals surface area contributed by atoms with Crippen LogP contribution in [0.3, 0.4) is 0 Å². The van der Waals surface area contributed by atoms with E-state index in [4.69, 9.17) is 9.47 Å². The quantitative estimate of drug-likeness (QED) is 0.771. The zero-order valence-corrected chi connectivity index (χ0v) is 12.4. The van der Waals surface area contributed by atoms with E-state index in [1.807, 2.05) is 0 Å². The van der Waals surface area contributed by atoms with Gasteiger partial charge in [-0.25, -0.2) is 4.79 Å². The minimum absolute atomic E-state index is 0.168. The van der Waals surface area contributed by atoms with E-state index in [0.717, 1.165) is 0 Å². The number of hydrogen-bond acceptors (Lipinski definition) is 5. The smallest absolute Gasteiger partial charge is 0.411 e. The SMILES string of the molecule is CCOC(=O)CC1C(=O)NCCN1C(=O)OC(C)(C)C. The number of amides is 2. The second kappa shape index (κ2) is 6.58. The first kappa shape index (κ1) is 16.3. The Labute approximate surface area is 118 Å². The van der Waals surface area contributed by atoms with Crippen LogP contribution < -0.4 is 5.32 Å². The molecular weight excluding hydrogens is 264 g/mol. The van der Waals surface area contributed by atoms with Crippen LogP contribution in [-0.2, 0) is 19.1 Å². The molecule has 0 aliphatic carbocycles. The molecule has 0 bridgehead atoms. The van der Waals surface area contributed by atoms with E-state index in [2.05, 4.69) is 5.32 Å². The van der Waals surface area contributed by atoms with Crippen LogP contribution in [0.25, 0.3) is 0 Å². The molecule has 1 heterocycles. The molecule has 114 valence electrons. The lowest BCUT2D eigenvalue weighted by Gasteiger charge is -2.35. The number of piperazine rings is 1. The Morgan fingerprint density at radius 3 is 2.60 bits per heavy atom. The van der Waals surface area contributed by atoms with E-state index in [-0.39, 0.29) is 18.9 Å². The van der Waals surface area contributed by atoms with Gasteiger partial charge in [0.1, 0.15) is 11.6 Å². The normalized spacial score (nSPS) is 19.3. The molecule has 7 nitrogen and oxygen atoms in total. The number of hydrogen-bond donors (Lipinski definition) is 1. The first-order valence-corrected chi connectivity index (χ1v) is 6.67. The minimum Gasteiger partial charge on any atom is -0.466 e. The van der Waals surface area contributed by atoms with E-state index in [1.54, 1.807) is 27.7 Å². The third-order valence-electron chi connectivity index (χ3n) is 2.62. The molecule has 0 aromatic rings. The lowest BCUT2D eigenvalue weighted by molar-refractivity contribution is -0.147. The van der Waals surface area contributed by atoms with Gasteiger partial charge < -0.3 is 14.8 Å². The summed E-state index contributed by atoms with van der Waals surface area (Å²) >= 11 is 0. The van der Waals surface area contributed by atoms with Gasteiger partial charge in [-0.3, -0.25) is 14.5 Å². The second-order valence-electron chi connectivity index (χ2n) is 5.49. The van der Waals surface area contributed by atoms with Gasteiger partial charge in [-0.1, -0.05) is 0 Å². The molecule has 0 spiro atoms. The van der Waals surface area contributed by atoms with Crippen LogP contribution in [0.15, 0.2) is 0 Å². The maximum Gasteiger partial charge on any atom is 0.411 e. The molecular formula is C13H22N2O5. The zero-order chi connectivity index (χ0) is 15.3. The maximum absolute atomic E-state index is 12.1. The number of nitrogens with zero attached hydrogens (tertiary/aromatic N) is 1. The van der Waals surface area contributed by atoms with Crippen molar-refractivity contribution in [2.75, 3.05) is 19.7 Å². The van der Waals surface area contributed by atoms with Crippen molar-refractivity contribution in [1.29, 1.82) is 0 Å². The highest BCUT2D eigenvalue weighted by molar-refractivity contribution is 5.90. The fourth-order valence-corrected chi connectivity index (χ4v) is 1.83. The standard InChI is InChI=1S/C13H22N2O5/c1-5-19-10(16)8-9-11(17)14-6-7-15(9)12(18)20-13(2,3)4/h9H,5-8H2,1-4H3,(H,14,17). The highest BCUT2D eigenvalue weighted by Gasteiger charge is 2.37. The van der Waals surface area contributed by atoms with Gasteiger partial charge >= 0.3 is 12.1 Å². The van der Waals surface area contributed by atoms with Crippen molar-refractivity contribution in [1.82, 2.24) is 10.2 Å². The largest absolute Gasteiger partial charge is 0.466 e. The maximum atomic E-state index is 12.1. The van der Waals surface area contributed by atoms with Gasteiger partial charge in [-0.15, -0.1) is 0 Å². The van der Waals surface area contributed by atoms with Gasteiger partial charge in [0.05, 0.1) is 13.0 Å². The van der Waals surface area contributed by atoms with Crippen LogP contribution in [0, 0.1) is 0 Å². The molecule has 1 atom stereocenters. The summed E-state index contributed by atoms with van der Waals surface area (Å²) in [6.07, 6.45) is -0.763. The summed E-state index contributed by atoms with van der Waals surface area (Å²) in [6.45, 7) is 7.81. The minimum atomic E-state index is -0.877. The van der Waals surface area contributed by atoms with E-state index in [0.29, 0.717) is 13.1 Å². The molecule has 1 rings (SSSR count). The van der Waals surface area contributed by atoms with Gasteiger partial charge in [0, 0.05) is 13.1 Å². The molecule has 0 saturated carbocycles. The lowest BCUT2D eigenvalue weighted by Crippen LogP contribution is -2.58. The number of esters is 1. The van der Waals surface area contributed by atoms with Gasteiger partial charge in [-0.2, -0.15) is 0 Å². The van der Waals surface area contributed by atoms with Crippen LogP contribution in [0.2, 0.25) is 0 Å². The highest BCUT2D eigenvalue weighted by Crippen LogP contribution is 2.16. The van der Waals surface area contributed by atoms with Crippen LogP contribution in [-0.4, -0.2) is 54.2 Å². The molecule has 2 amide bonds. The van der Waals surface area contributed by atoms with Crippen molar-refractivity contribution in [2.45, 2.75) is 45.8 Å². The Kier molecular flexibility index (Phi) is 5.35. The molecule has 7 heteroatoms. The van der Waals surface area contributed by atoms with E-state index >= 15 is 0 Å². The molecule has 1 unspecified atom stereocenters. The summed E-state index contributed by atoms with van der Waals surface area (Å²) in [4.78, 5) is 36.7. The van der Waals surface area contributed by atoms with Crippen LogP contribution >= 0.6 is 0 Å². The highest BCUT2D eigenvalue weighted by atomic mass is 16.6. The average molecular weight is 286 g/mol. The Balaban J connectivity index is 2.76. The molecule has 1 aliphatic rings. The van der Waals surface area contributed by atoms with Crippen molar-refractivity contribution < 1.29 is 23.9 Å². The van der Waals surface area contributed by atoms with Crippen molar-refractivity contribution in [2.24, 2.45) is 0 Å². The zero-order valence-electron chi connectivity index (χ0n) is 12.4. The number of carbonyl (C=O) groups excluding carboxylic acids is 3. The Morgan fingerprint density at radius 1 is 1.40 bits per heavy atom. The molecule has 0 aromatic heterocycles. The molecule has 1 N–H and O–H groups in total. The van der Waals surface area contributed by atoms with Gasteiger partial charge in [0.25, 0.3) is 0 Å². The Hall–Kier alpha value is -1.79. The first-order valence-electron chi connectivity index (χ1n) is 6.67. The van der Waals surface area contributed by atoms with Crippen LogP contribution in [0.5, 0.6) is 0 Å². The molecule has 1 saturated heterocycles. The molecule has 20 heavy (non-hydrogen) atoms. The van der Waals surface area contributed by atoms with Crippen LogP contribution in [0.1, 0.15) is 34.1 Å². The summed E-state index contributed by atoms with van der Waals surface area (Å²) in [5.74, 6) is -0.877.